The Hall–Kier alpha value is -2.32. The molecule has 0 aromatic carbocycles. The number of anilines is 1. The van der Waals surface area contributed by atoms with Gasteiger partial charge in [0.15, 0.2) is 5.82 Å². The Morgan fingerprint density at radius 2 is 2.08 bits per heavy atom. The van der Waals surface area contributed by atoms with Gasteiger partial charge < -0.3 is 19.7 Å². The lowest BCUT2D eigenvalue weighted by atomic mass is 10.2. The highest BCUT2D eigenvalue weighted by Crippen LogP contribution is 2.13. The molecule has 128 valence electrons. The number of nitrogens with zero attached hydrogens (tertiary/aromatic N) is 3. The molecule has 1 aliphatic heterocycles. The number of hydrogen-bond acceptors (Lipinski definition) is 5. The minimum absolute atomic E-state index is 0.0796. The average Bonchev–Trinajstić information content (AvgIpc) is 3.16. The minimum Gasteiger partial charge on any atom is -0.360 e. The SMILES string of the molecule is Cc1cc(NC(=O)CN2CCN(C(=O)c3cc(Cl)c[nH]3)CC2)no1. The summed E-state index contributed by atoms with van der Waals surface area (Å²) in [7, 11) is 0. The summed E-state index contributed by atoms with van der Waals surface area (Å²) in [5.41, 5.74) is 0.479. The number of H-pyrrole nitrogens is 1. The number of aromatic amines is 1. The lowest BCUT2D eigenvalue weighted by Gasteiger charge is -2.34. The fourth-order valence-corrected chi connectivity index (χ4v) is 2.75. The summed E-state index contributed by atoms with van der Waals surface area (Å²) in [5.74, 6) is 0.820. The smallest absolute Gasteiger partial charge is 0.270 e. The number of hydrogen-bond donors (Lipinski definition) is 2. The van der Waals surface area contributed by atoms with Crippen LogP contribution in [0.3, 0.4) is 0 Å². The average molecular weight is 352 g/mol. The number of carbonyl (C=O) groups is 2. The zero-order chi connectivity index (χ0) is 17.1. The fraction of sp³-hybridized carbons (Fsp3) is 0.400. The van der Waals surface area contributed by atoms with Gasteiger partial charge in [-0.2, -0.15) is 0 Å². The Morgan fingerprint density at radius 1 is 1.33 bits per heavy atom. The van der Waals surface area contributed by atoms with Crippen LogP contribution in [0.2, 0.25) is 5.02 Å². The summed E-state index contributed by atoms with van der Waals surface area (Å²) >= 11 is 5.83. The third kappa shape index (κ3) is 3.95. The van der Waals surface area contributed by atoms with E-state index in [9.17, 15) is 9.59 Å². The second kappa shape index (κ2) is 7.06. The predicted octanol–water partition coefficient (Wildman–Crippen LogP) is 1.36. The zero-order valence-corrected chi connectivity index (χ0v) is 14.0. The number of nitrogens with one attached hydrogen (secondary N) is 2. The van der Waals surface area contributed by atoms with Crippen molar-refractivity contribution in [2.24, 2.45) is 0 Å². The highest BCUT2D eigenvalue weighted by atomic mass is 35.5. The highest BCUT2D eigenvalue weighted by molar-refractivity contribution is 6.30. The molecule has 3 heterocycles. The number of aryl methyl sites for hydroxylation is 1. The number of piperazine rings is 1. The van der Waals surface area contributed by atoms with Crippen molar-refractivity contribution < 1.29 is 14.1 Å². The molecule has 0 unspecified atom stereocenters. The van der Waals surface area contributed by atoms with Crippen LogP contribution < -0.4 is 5.32 Å². The van der Waals surface area contributed by atoms with Gasteiger partial charge in [0.05, 0.1) is 11.6 Å². The molecule has 0 saturated carbocycles. The summed E-state index contributed by atoms with van der Waals surface area (Å²) in [6.45, 7) is 4.40. The molecule has 9 heteroatoms. The van der Waals surface area contributed by atoms with Gasteiger partial charge in [-0.05, 0) is 13.0 Å². The van der Waals surface area contributed by atoms with Crippen molar-refractivity contribution in [3.63, 3.8) is 0 Å². The molecule has 1 fully saturated rings. The van der Waals surface area contributed by atoms with Crippen LogP contribution >= 0.6 is 11.6 Å². The van der Waals surface area contributed by atoms with Crippen LogP contribution in [0, 0.1) is 6.92 Å². The van der Waals surface area contributed by atoms with Gasteiger partial charge in [-0.25, -0.2) is 0 Å². The second-order valence-corrected chi connectivity index (χ2v) is 6.11. The third-order valence-corrected chi connectivity index (χ3v) is 4.02. The van der Waals surface area contributed by atoms with E-state index >= 15 is 0 Å². The van der Waals surface area contributed by atoms with Gasteiger partial charge in [0.25, 0.3) is 5.91 Å². The van der Waals surface area contributed by atoms with Crippen molar-refractivity contribution in [3.05, 3.63) is 34.8 Å². The first-order valence-corrected chi connectivity index (χ1v) is 7.98. The predicted molar refractivity (Wildman–Crippen MR) is 88.0 cm³/mol. The molecule has 2 amide bonds. The molecule has 24 heavy (non-hydrogen) atoms. The summed E-state index contributed by atoms with van der Waals surface area (Å²) in [4.78, 5) is 30.9. The maximum absolute atomic E-state index is 12.3. The normalized spacial score (nSPS) is 15.5. The summed E-state index contributed by atoms with van der Waals surface area (Å²) in [6, 6.07) is 3.28. The van der Waals surface area contributed by atoms with Crippen molar-refractivity contribution in [1.29, 1.82) is 0 Å². The minimum atomic E-state index is -0.153. The molecular weight excluding hydrogens is 334 g/mol. The van der Waals surface area contributed by atoms with Gasteiger partial charge in [0, 0.05) is 38.4 Å². The molecule has 2 aromatic heterocycles. The third-order valence-electron chi connectivity index (χ3n) is 3.80. The summed E-state index contributed by atoms with van der Waals surface area (Å²) < 4.78 is 4.90. The molecule has 2 aromatic rings. The molecule has 0 spiro atoms. The number of carbonyl (C=O) groups excluding carboxylic acids is 2. The first-order chi connectivity index (χ1) is 11.5. The Morgan fingerprint density at radius 3 is 2.67 bits per heavy atom. The molecule has 1 aliphatic rings. The molecular formula is C15H18ClN5O3. The van der Waals surface area contributed by atoms with Crippen LogP contribution in [-0.2, 0) is 4.79 Å². The topological polar surface area (TPSA) is 94.5 Å². The molecule has 3 rings (SSSR count). The Bertz CT molecular complexity index is 733. The standard InChI is InChI=1S/C15H18ClN5O3/c1-10-6-13(19-24-10)18-14(22)9-20-2-4-21(5-3-20)15(23)12-7-11(16)8-17-12/h6-8,17H,2-5,9H2,1H3,(H,18,19,22). The van der Waals surface area contributed by atoms with Crippen molar-refractivity contribution in [2.75, 3.05) is 38.0 Å². The quantitative estimate of drug-likeness (QED) is 0.867. The van der Waals surface area contributed by atoms with Gasteiger partial charge in [-0.15, -0.1) is 0 Å². The van der Waals surface area contributed by atoms with Crippen LogP contribution in [0.15, 0.2) is 22.9 Å². The van der Waals surface area contributed by atoms with Crippen LogP contribution in [-0.4, -0.2) is 64.5 Å². The Labute approximate surface area is 143 Å². The number of rotatable bonds is 4. The summed E-state index contributed by atoms with van der Waals surface area (Å²) in [6.07, 6.45) is 1.58. The van der Waals surface area contributed by atoms with E-state index in [2.05, 4.69) is 15.5 Å². The molecule has 2 N–H and O–H groups in total. The van der Waals surface area contributed by atoms with E-state index in [1.807, 2.05) is 4.90 Å². The fourth-order valence-electron chi connectivity index (χ4n) is 2.58. The molecule has 1 saturated heterocycles. The van der Waals surface area contributed by atoms with E-state index in [-0.39, 0.29) is 18.4 Å². The number of amides is 2. The molecule has 0 radical (unpaired) electrons. The maximum atomic E-state index is 12.3. The van der Waals surface area contributed by atoms with E-state index < -0.39 is 0 Å². The van der Waals surface area contributed by atoms with E-state index in [1.54, 1.807) is 30.2 Å². The summed E-state index contributed by atoms with van der Waals surface area (Å²) in [5, 5.41) is 6.92. The Kier molecular flexibility index (Phi) is 4.86. The monoisotopic (exact) mass is 351 g/mol. The van der Waals surface area contributed by atoms with E-state index in [0.717, 1.165) is 0 Å². The van der Waals surface area contributed by atoms with E-state index in [4.69, 9.17) is 16.1 Å². The van der Waals surface area contributed by atoms with Gasteiger partial charge in [0.2, 0.25) is 5.91 Å². The molecule has 0 aliphatic carbocycles. The first kappa shape index (κ1) is 16.5. The van der Waals surface area contributed by atoms with Crippen molar-refractivity contribution >= 4 is 29.2 Å². The van der Waals surface area contributed by atoms with Crippen LogP contribution in [0.25, 0.3) is 0 Å². The Balaban J connectivity index is 1.46. The largest absolute Gasteiger partial charge is 0.360 e. The molecule has 0 bridgehead atoms. The first-order valence-electron chi connectivity index (χ1n) is 7.60. The van der Waals surface area contributed by atoms with Gasteiger partial charge in [-0.1, -0.05) is 16.8 Å². The number of aromatic nitrogens is 2. The van der Waals surface area contributed by atoms with Crippen molar-refractivity contribution in [3.8, 4) is 0 Å². The lowest BCUT2D eigenvalue weighted by Crippen LogP contribution is -2.50. The zero-order valence-electron chi connectivity index (χ0n) is 13.2. The highest BCUT2D eigenvalue weighted by Gasteiger charge is 2.24. The van der Waals surface area contributed by atoms with Crippen LogP contribution in [0.1, 0.15) is 16.2 Å². The second-order valence-electron chi connectivity index (χ2n) is 5.67. The molecule has 8 nitrogen and oxygen atoms in total. The van der Waals surface area contributed by atoms with E-state index in [0.29, 0.717) is 48.5 Å². The van der Waals surface area contributed by atoms with Crippen molar-refractivity contribution in [2.45, 2.75) is 6.92 Å². The number of halogens is 1. The van der Waals surface area contributed by atoms with Crippen LogP contribution in [0.4, 0.5) is 5.82 Å². The van der Waals surface area contributed by atoms with Crippen molar-refractivity contribution in [1.82, 2.24) is 19.9 Å². The lowest BCUT2D eigenvalue weighted by molar-refractivity contribution is -0.117. The van der Waals surface area contributed by atoms with Crippen LogP contribution in [0.5, 0.6) is 0 Å². The van der Waals surface area contributed by atoms with E-state index in [1.165, 1.54) is 0 Å². The van der Waals surface area contributed by atoms with Gasteiger partial charge >= 0.3 is 0 Å². The maximum Gasteiger partial charge on any atom is 0.270 e. The van der Waals surface area contributed by atoms with Gasteiger partial charge in [0.1, 0.15) is 11.5 Å². The van der Waals surface area contributed by atoms with Gasteiger partial charge in [-0.3, -0.25) is 14.5 Å². The molecule has 0 atom stereocenters.